The van der Waals surface area contributed by atoms with Crippen LogP contribution in [0.25, 0.3) is 0 Å². The first-order valence-corrected chi connectivity index (χ1v) is 6.67. The molecule has 1 aromatic carbocycles. The third-order valence-corrected chi connectivity index (χ3v) is 3.22. The highest BCUT2D eigenvalue weighted by Crippen LogP contribution is 2.30. The third-order valence-electron chi connectivity index (χ3n) is 2.93. The van der Waals surface area contributed by atoms with Crippen LogP contribution in [0.15, 0.2) is 16.9 Å². The first-order valence-electron chi connectivity index (χ1n) is 6.29. The molecule has 3 N–H and O–H groups in total. The lowest BCUT2D eigenvalue weighted by molar-refractivity contribution is -0.384. The number of aromatic amines is 2. The van der Waals surface area contributed by atoms with Gasteiger partial charge in [-0.15, -0.1) is 0 Å². The number of nitro groups is 1. The van der Waals surface area contributed by atoms with Crippen LogP contribution >= 0.6 is 11.6 Å². The number of nitrogens with zero attached hydrogens (tertiary/aromatic N) is 2. The molecule has 112 valence electrons. The van der Waals surface area contributed by atoms with Crippen LogP contribution in [0.5, 0.6) is 0 Å². The predicted octanol–water partition coefficient (Wildman–Crippen LogP) is 2.01. The molecule has 0 saturated carbocycles. The van der Waals surface area contributed by atoms with Crippen molar-refractivity contribution in [3.63, 3.8) is 0 Å². The molecule has 0 bridgehead atoms. The molecule has 1 heterocycles. The molecule has 0 radical (unpaired) electrons. The van der Waals surface area contributed by atoms with E-state index in [9.17, 15) is 14.9 Å². The number of hydrogen-bond donors (Lipinski definition) is 3. The van der Waals surface area contributed by atoms with Crippen LogP contribution in [0.3, 0.4) is 0 Å². The number of rotatable bonds is 6. The van der Waals surface area contributed by atoms with Gasteiger partial charge in [0.1, 0.15) is 5.82 Å². The van der Waals surface area contributed by atoms with Crippen molar-refractivity contribution in [2.75, 3.05) is 11.9 Å². The maximum Gasteiger partial charge on any atom is 0.340 e. The van der Waals surface area contributed by atoms with E-state index in [1.54, 1.807) is 6.92 Å². The smallest absolute Gasteiger partial charge is 0.340 e. The summed E-state index contributed by atoms with van der Waals surface area (Å²) in [7, 11) is 0. The molecule has 0 aliphatic carbocycles. The van der Waals surface area contributed by atoms with Crippen molar-refractivity contribution in [3.8, 4) is 0 Å². The van der Waals surface area contributed by atoms with E-state index in [-0.39, 0.29) is 11.4 Å². The Morgan fingerprint density at radius 3 is 2.81 bits per heavy atom. The Balaban J connectivity index is 1.94. The van der Waals surface area contributed by atoms with Gasteiger partial charge in [0.25, 0.3) is 5.69 Å². The summed E-state index contributed by atoms with van der Waals surface area (Å²) in [4.78, 5) is 23.7. The van der Waals surface area contributed by atoms with Crippen LogP contribution in [0.4, 0.5) is 11.4 Å². The maximum atomic E-state index is 10.9. The van der Waals surface area contributed by atoms with E-state index < -0.39 is 4.92 Å². The van der Waals surface area contributed by atoms with Crippen LogP contribution in [0, 0.1) is 17.0 Å². The second-order valence-corrected chi connectivity index (χ2v) is 4.94. The van der Waals surface area contributed by atoms with Crippen molar-refractivity contribution >= 4 is 23.0 Å². The van der Waals surface area contributed by atoms with Gasteiger partial charge in [-0.1, -0.05) is 11.6 Å². The molecule has 21 heavy (non-hydrogen) atoms. The van der Waals surface area contributed by atoms with Crippen molar-refractivity contribution in [1.82, 2.24) is 15.2 Å². The highest BCUT2D eigenvalue weighted by Gasteiger charge is 2.12. The van der Waals surface area contributed by atoms with Crippen molar-refractivity contribution in [1.29, 1.82) is 0 Å². The van der Waals surface area contributed by atoms with E-state index in [1.807, 2.05) is 0 Å². The Hall–Kier alpha value is -2.35. The number of anilines is 1. The summed E-state index contributed by atoms with van der Waals surface area (Å²) in [5.74, 6) is 0.591. The number of aryl methyl sites for hydroxylation is 2. The molecule has 0 unspecified atom stereocenters. The number of nitro benzene ring substituents is 1. The van der Waals surface area contributed by atoms with Gasteiger partial charge < -0.3 is 5.32 Å². The molecule has 1 aromatic heterocycles. The fourth-order valence-corrected chi connectivity index (χ4v) is 2.28. The molecule has 0 aliphatic heterocycles. The van der Waals surface area contributed by atoms with E-state index in [0.717, 1.165) is 6.42 Å². The predicted molar refractivity (Wildman–Crippen MR) is 78.9 cm³/mol. The molecule has 0 spiro atoms. The summed E-state index contributed by atoms with van der Waals surface area (Å²) < 4.78 is 0. The van der Waals surface area contributed by atoms with Gasteiger partial charge in [-0.25, -0.2) is 9.89 Å². The zero-order valence-electron chi connectivity index (χ0n) is 11.3. The van der Waals surface area contributed by atoms with Gasteiger partial charge in [0.2, 0.25) is 0 Å². The Morgan fingerprint density at radius 1 is 1.48 bits per heavy atom. The van der Waals surface area contributed by atoms with E-state index in [2.05, 4.69) is 20.5 Å². The van der Waals surface area contributed by atoms with E-state index in [4.69, 9.17) is 11.6 Å². The second kappa shape index (κ2) is 6.40. The largest absolute Gasteiger partial charge is 0.384 e. The first kappa shape index (κ1) is 15.0. The lowest BCUT2D eigenvalue weighted by Gasteiger charge is -2.11. The van der Waals surface area contributed by atoms with E-state index in [0.29, 0.717) is 35.1 Å². The summed E-state index contributed by atoms with van der Waals surface area (Å²) in [6, 6.07) is 2.79. The van der Waals surface area contributed by atoms with Crippen LogP contribution in [0.1, 0.15) is 17.8 Å². The Morgan fingerprint density at radius 2 is 2.24 bits per heavy atom. The molecular weight excluding hydrogens is 298 g/mol. The summed E-state index contributed by atoms with van der Waals surface area (Å²) >= 11 is 6.05. The standard InChI is InChI=1S/C12H14ClN5O3/c1-7-5-8(18(20)21)6-9(13)11(7)14-4-2-3-10-15-12(19)17-16-10/h5-6,14H,2-4H2,1H3,(H2,15,16,17,19). The number of nitrogens with one attached hydrogen (secondary N) is 3. The van der Waals surface area contributed by atoms with E-state index >= 15 is 0 Å². The van der Waals surface area contributed by atoms with Gasteiger partial charge in [0, 0.05) is 25.1 Å². The third kappa shape index (κ3) is 3.82. The minimum atomic E-state index is -0.476. The Kier molecular flexibility index (Phi) is 4.59. The molecule has 0 fully saturated rings. The fraction of sp³-hybridized carbons (Fsp3) is 0.333. The lowest BCUT2D eigenvalue weighted by atomic mass is 10.1. The zero-order chi connectivity index (χ0) is 15.4. The van der Waals surface area contributed by atoms with Crippen molar-refractivity contribution < 1.29 is 4.92 Å². The topological polar surface area (TPSA) is 117 Å². The maximum absolute atomic E-state index is 10.9. The Labute approximate surface area is 124 Å². The van der Waals surface area contributed by atoms with Crippen LogP contribution in [-0.4, -0.2) is 26.6 Å². The highest BCUT2D eigenvalue weighted by molar-refractivity contribution is 6.33. The number of hydrogen-bond acceptors (Lipinski definition) is 5. The summed E-state index contributed by atoms with van der Waals surface area (Å²) in [6.07, 6.45) is 1.34. The molecule has 8 nitrogen and oxygen atoms in total. The SMILES string of the molecule is Cc1cc([N+](=O)[O-])cc(Cl)c1NCCCc1n[nH]c(=O)[nH]1. The number of aromatic nitrogens is 3. The van der Waals surface area contributed by atoms with Gasteiger partial charge in [-0.2, -0.15) is 5.10 Å². The lowest BCUT2D eigenvalue weighted by Crippen LogP contribution is -2.06. The minimum absolute atomic E-state index is 0.0304. The number of H-pyrrole nitrogens is 2. The summed E-state index contributed by atoms with van der Waals surface area (Å²) in [5, 5.41) is 20.3. The summed E-state index contributed by atoms with van der Waals surface area (Å²) in [5.41, 5.74) is 1.03. The molecule has 0 amide bonds. The monoisotopic (exact) mass is 311 g/mol. The van der Waals surface area contributed by atoms with Crippen molar-refractivity contribution in [3.05, 3.63) is 49.1 Å². The van der Waals surface area contributed by atoms with Crippen molar-refractivity contribution in [2.24, 2.45) is 0 Å². The van der Waals surface area contributed by atoms with Crippen LogP contribution in [0.2, 0.25) is 5.02 Å². The molecular formula is C12H14ClN5O3. The average Bonchev–Trinajstić information content (AvgIpc) is 2.82. The molecule has 0 saturated heterocycles. The van der Waals surface area contributed by atoms with Gasteiger partial charge in [0.05, 0.1) is 15.6 Å². The van der Waals surface area contributed by atoms with Gasteiger partial charge in [-0.3, -0.25) is 15.1 Å². The van der Waals surface area contributed by atoms with Gasteiger partial charge >= 0.3 is 5.69 Å². The average molecular weight is 312 g/mol. The number of benzene rings is 1. The van der Waals surface area contributed by atoms with Gasteiger partial charge in [-0.05, 0) is 18.9 Å². The number of halogens is 1. The zero-order valence-corrected chi connectivity index (χ0v) is 12.0. The minimum Gasteiger partial charge on any atom is -0.384 e. The molecule has 0 atom stereocenters. The quantitative estimate of drug-likeness (QED) is 0.428. The van der Waals surface area contributed by atoms with Gasteiger partial charge in [0.15, 0.2) is 0 Å². The molecule has 2 aromatic rings. The fourth-order valence-electron chi connectivity index (χ4n) is 1.95. The number of non-ortho nitro benzene ring substituents is 1. The molecule has 9 heteroatoms. The van der Waals surface area contributed by atoms with E-state index in [1.165, 1.54) is 12.1 Å². The molecule has 0 aliphatic rings. The van der Waals surface area contributed by atoms with Crippen LogP contribution in [-0.2, 0) is 6.42 Å². The molecule has 2 rings (SSSR count). The summed E-state index contributed by atoms with van der Waals surface area (Å²) in [6.45, 7) is 2.36. The first-order chi connectivity index (χ1) is 9.97. The highest BCUT2D eigenvalue weighted by atomic mass is 35.5. The second-order valence-electron chi connectivity index (χ2n) is 4.53. The van der Waals surface area contributed by atoms with Crippen LogP contribution < -0.4 is 11.0 Å². The Bertz CT molecular complexity index is 686. The van der Waals surface area contributed by atoms with Crippen molar-refractivity contribution in [2.45, 2.75) is 19.8 Å². The normalized spacial score (nSPS) is 10.6.